The van der Waals surface area contributed by atoms with Gasteiger partial charge in [0.15, 0.2) is 5.84 Å². The lowest BCUT2D eigenvalue weighted by atomic mass is 9.83. The SMILES string of the molecule is Cc1cc(NC(=O)C(c2ccc(/C(N)=N/N(C)N)cc2)C2CCC(F)(F)C2)ncc1Br. The van der Waals surface area contributed by atoms with E-state index in [4.69, 9.17) is 11.6 Å². The number of hydrogen-bond acceptors (Lipinski definition) is 5. The number of nitrogens with one attached hydrogen (secondary N) is 1. The van der Waals surface area contributed by atoms with Crippen LogP contribution < -0.4 is 16.9 Å². The number of rotatable bonds is 6. The molecule has 166 valence electrons. The van der Waals surface area contributed by atoms with Gasteiger partial charge >= 0.3 is 0 Å². The predicted molar refractivity (Wildman–Crippen MR) is 119 cm³/mol. The molecule has 31 heavy (non-hydrogen) atoms. The zero-order valence-electron chi connectivity index (χ0n) is 17.3. The van der Waals surface area contributed by atoms with Crippen LogP contribution in [0.25, 0.3) is 0 Å². The number of carbonyl (C=O) groups is 1. The summed E-state index contributed by atoms with van der Waals surface area (Å²) in [4.78, 5) is 17.4. The summed E-state index contributed by atoms with van der Waals surface area (Å²) >= 11 is 3.37. The molecule has 7 nitrogen and oxygen atoms in total. The van der Waals surface area contributed by atoms with E-state index in [9.17, 15) is 13.6 Å². The number of amidine groups is 1. The summed E-state index contributed by atoms with van der Waals surface area (Å²) in [7, 11) is 1.54. The van der Waals surface area contributed by atoms with Gasteiger partial charge in [-0.2, -0.15) is 0 Å². The van der Waals surface area contributed by atoms with Gasteiger partial charge in [-0.25, -0.2) is 24.7 Å². The van der Waals surface area contributed by atoms with Crippen LogP contribution in [0.15, 0.2) is 46.1 Å². The number of benzene rings is 1. The van der Waals surface area contributed by atoms with Crippen LogP contribution in [0.2, 0.25) is 0 Å². The van der Waals surface area contributed by atoms with Crippen LogP contribution in [0.4, 0.5) is 14.6 Å². The summed E-state index contributed by atoms with van der Waals surface area (Å²) in [6, 6.07) is 8.57. The number of nitrogens with two attached hydrogens (primary N) is 2. The number of aromatic nitrogens is 1. The van der Waals surface area contributed by atoms with E-state index in [2.05, 4.69) is 31.3 Å². The number of halogens is 3. The number of hydrogen-bond donors (Lipinski definition) is 3. The number of nitrogens with zero attached hydrogens (tertiary/aromatic N) is 3. The van der Waals surface area contributed by atoms with Crippen LogP contribution in [-0.4, -0.2) is 34.8 Å². The molecule has 1 heterocycles. The van der Waals surface area contributed by atoms with Crippen LogP contribution in [0.3, 0.4) is 0 Å². The Labute approximate surface area is 188 Å². The normalized spacial score (nSPS) is 19.2. The van der Waals surface area contributed by atoms with E-state index in [1.165, 1.54) is 0 Å². The average molecular weight is 495 g/mol. The molecule has 1 saturated carbocycles. The first kappa shape index (κ1) is 23.1. The topological polar surface area (TPSA) is 110 Å². The van der Waals surface area contributed by atoms with Crippen LogP contribution in [-0.2, 0) is 4.79 Å². The molecule has 0 aliphatic heterocycles. The van der Waals surface area contributed by atoms with Gasteiger partial charge in [-0.15, -0.1) is 5.10 Å². The quantitative estimate of drug-likeness (QED) is 0.245. The summed E-state index contributed by atoms with van der Waals surface area (Å²) in [6.07, 6.45) is 1.30. The minimum atomic E-state index is -2.77. The van der Waals surface area contributed by atoms with Gasteiger partial charge in [0.1, 0.15) is 5.82 Å². The first-order chi connectivity index (χ1) is 14.6. The highest BCUT2D eigenvalue weighted by molar-refractivity contribution is 9.10. The van der Waals surface area contributed by atoms with Gasteiger partial charge < -0.3 is 11.1 Å². The number of hydrazine groups is 1. The van der Waals surface area contributed by atoms with Gasteiger partial charge in [0, 0.05) is 36.1 Å². The Morgan fingerprint density at radius 1 is 1.39 bits per heavy atom. The largest absolute Gasteiger partial charge is 0.382 e. The van der Waals surface area contributed by atoms with Gasteiger partial charge in [-0.05, 0) is 52.4 Å². The highest BCUT2D eigenvalue weighted by Gasteiger charge is 2.45. The molecule has 0 radical (unpaired) electrons. The fraction of sp³-hybridized carbons (Fsp3) is 0.381. The lowest BCUT2D eigenvalue weighted by molar-refractivity contribution is -0.118. The molecule has 10 heteroatoms. The average Bonchev–Trinajstić information content (AvgIpc) is 3.04. The number of hydrazone groups is 1. The standard InChI is InChI=1S/C21H25BrF2N6O/c1-12-9-17(27-11-16(12)22)28-20(31)18(15-7-8-21(23,24)10-15)13-3-5-14(6-4-13)19(25)29-30(2)26/h3-6,9,11,15,18H,7-8,10,26H2,1-2H3,(H2,25,29)(H,27,28,31). The maximum absolute atomic E-state index is 14.0. The van der Waals surface area contributed by atoms with E-state index in [0.29, 0.717) is 16.9 Å². The molecule has 1 fully saturated rings. The number of amides is 1. The Morgan fingerprint density at radius 2 is 2.06 bits per heavy atom. The first-order valence-corrected chi connectivity index (χ1v) is 10.6. The van der Waals surface area contributed by atoms with Gasteiger partial charge in [0.25, 0.3) is 0 Å². The molecule has 1 amide bonds. The van der Waals surface area contributed by atoms with Gasteiger partial charge in [-0.1, -0.05) is 24.3 Å². The predicted octanol–water partition coefficient (Wildman–Crippen LogP) is 3.74. The Balaban J connectivity index is 1.89. The maximum atomic E-state index is 14.0. The van der Waals surface area contributed by atoms with Crippen molar-refractivity contribution in [2.24, 2.45) is 22.6 Å². The number of alkyl halides is 2. The fourth-order valence-corrected chi connectivity index (χ4v) is 4.02. The van der Waals surface area contributed by atoms with E-state index in [1.54, 1.807) is 43.6 Å². The van der Waals surface area contributed by atoms with Crippen LogP contribution in [0.1, 0.15) is 41.9 Å². The zero-order chi connectivity index (χ0) is 22.8. The second-order valence-corrected chi connectivity index (χ2v) is 8.68. The van der Waals surface area contributed by atoms with Crippen molar-refractivity contribution in [1.29, 1.82) is 0 Å². The Hall–Kier alpha value is -2.59. The number of pyridine rings is 1. The lowest BCUT2D eigenvalue weighted by Crippen LogP contribution is -2.28. The van der Waals surface area contributed by atoms with E-state index >= 15 is 0 Å². The van der Waals surface area contributed by atoms with Crippen molar-refractivity contribution >= 4 is 33.5 Å². The monoisotopic (exact) mass is 494 g/mol. The molecule has 2 atom stereocenters. The number of anilines is 1. The van der Waals surface area contributed by atoms with Crippen LogP contribution in [0.5, 0.6) is 0 Å². The molecule has 1 aliphatic carbocycles. The third-order valence-corrected chi connectivity index (χ3v) is 6.15. The minimum absolute atomic E-state index is 0.208. The lowest BCUT2D eigenvalue weighted by Gasteiger charge is -2.23. The molecule has 0 spiro atoms. The molecule has 3 rings (SSSR count). The van der Waals surface area contributed by atoms with Crippen LogP contribution >= 0.6 is 15.9 Å². The molecule has 2 aromatic rings. The Kier molecular flexibility index (Phi) is 6.90. The highest BCUT2D eigenvalue weighted by atomic mass is 79.9. The molecule has 0 saturated heterocycles. The molecule has 0 bridgehead atoms. The molecular formula is C21H25BrF2N6O. The van der Waals surface area contributed by atoms with Gasteiger partial charge in [-0.3, -0.25) is 4.79 Å². The van der Waals surface area contributed by atoms with E-state index in [-0.39, 0.29) is 31.0 Å². The number of aryl methyl sites for hydroxylation is 1. The molecular weight excluding hydrogens is 470 g/mol. The molecule has 1 aliphatic rings. The van der Waals surface area contributed by atoms with E-state index in [1.807, 2.05) is 6.92 Å². The van der Waals surface area contributed by atoms with Gasteiger partial charge in [0.2, 0.25) is 11.8 Å². The summed E-state index contributed by atoms with van der Waals surface area (Å²) in [6.45, 7) is 1.87. The van der Waals surface area contributed by atoms with Crippen molar-refractivity contribution in [2.75, 3.05) is 12.4 Å². The first-order valence-electron chi connectivity index (χ1n) is 9.79. The maximum Gasteiger partial charge on any atom is 0.248 e. The van der Waals surface area contributed by atoms with Crippen molar-refractivity contribution in [3.8, 4) is 0 Å². The summed E-state index contributed by atoms with van der Waals surface area (Å²) in [5.41, 5.74) is 8.05. The Morgan fingerprint density at radius 3 is 2.61 bits per heavy atom. The van der Waals surface area contributed by atoms with Crippen molar-refractivity contribution in [1.82, 2.24) is 10.1 Å². The fourth-order valence-electron chi connectivity index (χ4n) is 3.81. The smallest absolute Gasteiger partial charge is 0.248 e. The highest BCUT2D eigenvalue weighted by Crippen LogP contribution is 2.45. The van der Waals surface area contributed by atoms with Crippen molar-refractivity contribution in [3.63, 3.8) is 0 Å². The van der Waals surface area contributed by atoms with Crippen LogP contribution in [0, 0.1) is 12.8 Å². The molecule has 1 aromatic heterocycles. The molecule has 2 unspecified atom stereocenters. The third-order valence-electron chi connectivity index (χ3n) is 5.32. The molecule has 1 aromatic carbocycles. The van der Waals surface area contributed by atoms with E-state index < -0.39 is 17.8 Å². The minimum Gasteiger partial charge on any atom is -0.382 e. The third kappa shape index (κ3) is 5.76. The summed E-state index contributed by atoms with van der Waals surface area (Å²) in [5.74, 6) is 1.70. The van der Waals surface area contributed by atoms with E-state index in [0.717, 1.165) is 15.2 Å². The van der Waals surface area contributed by atoms with Crippen molar-refractivity contribution < 1.29 is 13.6 Å². The summed E-state index contributed by atoms with van der Waals surface area (Å²) in [5, 5.41) is 7.82. The zero-order valence-corrected chi connectivity index (χ0v) is 18.9. The second kappa shape index (κ2) is 9.27. The van der Waals surface area contributed by atoms with Crippen molar-refractivity contribution in [3.05, 3.63) is 57.7 Å². The van der Waals surface area contributed by atoms with Crippen molar-refractivity contribution in [2.45, 2.75) is 38.0 Å². The summed E-state index contributed by atoms with van der Waals surface area (Å²) < 4.78 is 28.7. The molecule has 5 N–H and O–H groups in total. The van der Waals surface area contributed by atoms with Gasteiger partial charge in [0.05, 0.1) is 5.92 Å². The Bertz CT molecular complexity index is 980. The number of carbonyl (C=O) groups excluding carboxylic acids is 1. The second-order valence-electron chi connectivity index (χ2n) is 7.83.